The smallest absolute Gasteiger partial charge is 0.320 e. The lowest BCUT2D eigenvalue weighted by molar-refractivity contribution is -0.134. The van der Waals surface area contributed by atoms with Crippen molar-refractivity contribution in [3.63, 3.8) is 0 Å². The quantitative estimate of drug-likeness (QED) is 0.753. The largest absolute Gasteiger partial charge is 0.480 e. The van der Waals surface area contributed by atoms with Gasteiger partial charge in [0, 0.05) is 18.4 Å². The van der Waals surface area contributed by atoms with Crippen molar-refractivity contribution in [3.05, 3.63) is 29.6 Å². The highest BCUT2D eigenvalue weighted by atomic mass is 32.2. The van der Waals surface area contributed by atoms with Gasteiger partial charge in [-0.05, 0) is 18.6 Å². The molecule has 16 heavy (non-hydrogen) atoms. The van der Waals surface area contributed by atoms with Crippen LogP contribution in [0.2, 0.25) is 0 Å². The molecule has 2 N–H and O–H groups in total. The third kappa shape index (κ3) is 4.37. The van der Waals surface area contributed by atoms with Crippen LogP contribution in [0.25, 0.3) is 0 Å². The molecular weight excluding hydrogens is 232 g/mol. The highest BCUT2D eigenvalue weighted by molar-refractivity contribution is 7.90. The van der Waals surface area contributed by atoms with Crippen LogP contribution >= 0.6 is 0 Å². The van der Waals surface area contributed by atoms with Gasteiger partial charge in [-0.2, -0.15) is 0 Å². The second-order valence-corrected chi connectivity index (χ2v) is 5.09. The molecule has 1 aromatic rings. The lowest BCUT2D eigenvalue weighted by Gasteiger charge is -2.04. The van der Waals surface area contributed by atoms with Crippen molar-refractivity contribution >= 4 is 16.0 Å². The van der Waals surface area contributed by atoms with Crippen LogP contribution in [0.15, 0.2) is 18.3 Å². The summed E-state index contributed by atoms with van der Waals surface area (Å²) in [6.45, 7) is 1.86. The highest BCUT2D eigenvalue weighted by Gasteiger charge is 2.14. The minimum Gasteiger partial charge on any atom is -0.480 e. The molecule has 0 amide bonds. The molecule has 1 rings (SSSR count). The number of nitrogens with zero attached hydrogens (tertiary/aromatic N) is 1. The zero-order valence-corrected chi connectivity index (χ0v) is 9.49. The Morgan fingerprint density at radius 1 is 1.50 bits per heavy atom. The summed E-state index contributed by atoms with van der Waals surface area (Å²) < 4.78 is 24.5. The topological polar surface area (TPSA) is 96.4 Å². The van der Waals surface area contributed by atoms with Crippen LogP contribution in [-0.4, -0.2) is 30.2 Å². The highest BCUT2D eigenvalue weighted by Crippen LogP contribution is 1.99. The van der Waals surface area contributed by atoms with Gasteiger partial charge in [0.25, 0.3) is 0 Å². The van der Waals surface area contributed by atoms with Crippen molar-refractivity contribution in [2.24, 2.45) is 0 Å². The van der Waals surface area contributed by atoms with E-state index in [0.29, 0.717) is 5.56 Å². The Labute approximate surface area is 93.4 Å². The summed E-state index contributed by atoms with van der Waals surface area (Å²) in [5.41, 5.74) is 1.51. The molecule has 0 saturated heterocycles. The molecule has 0 unspecified atom stereocenters. The lowest BCUT2D eigenvalue weighted by atomic mass is 10.2. The van der Waals surface area contributed by atoms with Crippen LogP contribution in [0.1, 0.15) is 11.3 Å². The standard InChI is InChI=1S/C9H12N2O4S/c1-7-2-3-8(4-10-7)5-11-16(14,15)6-9(12)13/h2-4,11H,5-6H2,1H3,(H,12,13). The molecule has 0 radical (unpaired) electrons. The third-order valence-electron chi connectivity index (χ3n) is 1.78. The van der Waals surface area contributed by atoms with Gasteiger partial charge in [-0.1, -0.05) is 6.07 Å². The van der Waals surface area contributed by atoms with E-state index in [0.717, 1.165) is 5.69 Å². The molecule has 0 aliphatic rings. The van der Waals surface area contributed by atoms with E-state index in [1.165, 1.54) is 0 Å². The number of aryl methyl sites for hydroxylation is 1. The molecule has 0 aliphatic heterocycles. The second kappa shape index (κ2) is 5.04. The van der Waals surface area contributed by atoms with Crippen molar-refractivity contribution in [3.8, 4) is 0 Å². The van der Waals surface area contributed by atoms with Gasteiger partial charge in [0.15, 0.2) is 5.75 Å². The van der Waals surface area contributed by atoms with Gasteiger partial charge in [-0.15, -0.1) is 0 Å². The van der Waals surface area contributed by atoms with Crippen LogP contribution in [0, 0.1) is 6.92 Å². The summed E-state index contributed by atoms with van der Waals surface area (Å²) in [6, 6.07) is 3.48. The first kappa shape index (κ1) is 12.6. The molecule has 1 heterocycles. The van der Waals surface area contributed by atoms with Crippen molar-refractivity contribution in [2.45, 2.75) is 13.5 Å². The van der Waals surface area contributed by atoms with Gasteiger partial charge in [0.1, 0.15) is 0 Å². The van der Waals surface area contributed by atoms with Crippen molar-refractivity contribution in [1.82, 2.24) is 9.71 Å². The average Bonchev–Trinajstić information content (AvgIpc) is 2.15. The van der Waals surface area contributed by atoms with Gasteiger partial charge in [0.2, 0.25) is 10.0 Å². The van der Waals surface area contributed by atoms with Gasteiger partial charge < -0.3 is 5.11 Å². The summed E-state index contributed by atoms with van der Waals surface area (Å²) >= 11 is 0. The molecule has 0 aliphatic carbocycles. The molecule has 7 heteroatoms. The molecule has 0 atom stereocenters. The normalized spacial score (nSPS) is 11.3. The molecule has 0 fully saturated rings. The fourth-order valence-corrected chi connectivity index (χ4v) is 1.82. The molecule has 0 saturated carbocycles. The molecule has 0 spiro atoms. The summed E-state index contributed by atoms with van der Waals surface area (Å²) in [5, 5.41) is 8.35. The number of carboxylic acids is 1. The van der Waals surface area contributed by atoms with Gasteiger partial charge >= 0.3 is 5.97 Å². The second-order valence-electron chi connectivity index (χ2n) is 3.28. The molecule has 1 aromatic heterocycles. The number of carboxylic acid groups (broad SMARTS) is 1. The van der Waals surface area contributed by atoms with Gasteiger partial charge in [-0.3, -0.25) is 9.78 Å². The Morgan fingerprint density at radius 2 is 2.19 bits per heavy atom. The predicted octanol–water partition coefficient (Wildman–Crippen LogP) is -0.106. The van der Waals surface area contributed by atoms with Crippen LogP contribution in [0.4, 0.5) is 0 Å². The Balaban J connectivity index is 2.58. The van der Waals surface area contributed by atoms with Crippen LogP contribution < -0.4 is 4.72 Å². The monoisotopic (exact) mass is 244 g/mol. The van der Waals surface area contributed by atoms with E-state index in [2.05, 4.69) is 9.71 Å². The molecule has 0 aromatic carbocycles. The zero-order chi connectivity index (χ0) is 12.2. The number of nitrogens with one attached hydrogen (secondary N) is 1. The van der Waals surface area contributed by atoms with E-state index >= 15 is 0 Å². The SMILES string of the molecule is Cc1ccc(CNS(=O)(=O)CC(=O)O)cn1. The van der Waals surface area contributed by atoms with Crippen molar-refractivity contribution in [2.75, 3.05) is 5.75 Å². The number of hydrogen-bond acceptors (Lipinski definition) is 4. The predicted molar refractivity (Wildman–Crippen MR) is 57.2 cm³/mol. The third-order valence-corrected chi connectivity index (χ3v) is 2.99. The number of carbonyl (C=O) groups is 1. The number of aliphatic carboxylic acids is 1. The summed E-state index contributed by atoms with van der Waals surface area (Å²) in [4.78, 5) is 14.2. The van der Waals surface area contributed by atoms with E-state index in [4.69, 9.17) is 5.11 Å². The van der Waals surface area contributed by atoms with Crippen LogP contribution in [-0.2, 0) is 21.4 Å². The first-order chi connectivity index (χ1) is 7.39. The van der Waals surface area contributed by atoms with E-state index in [9.17, 15) is 13.2 Å². The number of aromatic nitrogens is 1. The summed E-state index contributed by atoms with van der Waals surface area (Å²) in [6.07, 6.45) is 1.54. The number of sulfonamides is 1. The van der Waals surface area contributed by atoms with Crippen LogP contribution in [0.5, 0.6) is 0 Å². The van der Waals surface area contributed by atoms with E-state index in [-0.39, 0.29) is 6.54 Å². The number of rotatable bonds is 5. The summed E-state index contributed by atoms with van der Waals surface area (Å²) in [5.74, 6) is -2.30. The van der Waals surface area contributed by atoms with E-state index in [1.807, 2.05) is 6.92 Å². The molecule has 88 valence electrons. The molecule has 6 nitrogen and oxygen atoms in total. The Bertz CT molecular complexity index is 467. The number of pyridine rings is 1. The van der Waals surface area contributed by atoms with Gasteiger partial charge in [0.05, 0.1) is 0 Å². The minimum atomic E-state index is -3.77. The van der Waals surface area contributed by atoms with Gasteiger partial charge in [-0.25, -0.2) is 13.1 Å². The molecular formula is C9H12N2O4S. The zero-order valence-electron chi connectivity index (χ0n) is 8.67. The van der Waals surface area contributed by atoms with Crippen LogP contribution in [0.3, 0.4) is 0 Å². The Kier molecular flexibility index (Phi) is 3.97. The maximum Gasteiger partial charge on any atom is 0.320 e. The Morgan fingerprint density at radius 3 is 2.69 bits per heavy atom. The average molecular weight is 244 g/mol. The molecule has 0 bridgehead atoms. The number of hydrogen-bond donors (Lipinski definition) is 2. The lowest BCUT2D eigenvalue weighted by Crippen LogP contribution is -2.29. The first-order valence-corrected chi connectivity index (χ1v) is 6.15. The maximum absolute atomic E-state index is 11.2. The maximum atomic E-state index is 11.2. The fraction of sp³-hybridized carbons (Fsp3) is 0.333. The Hall–Kier alpha value is -1.47. The summed E-state index contributed by atoms with van der Waals surface area (Å²) in [7, 11) is -3.77. The van der Waals surface area contributed by atoms with E-state index in [1.54, 1.807) is 18.3 Å². The van der Waals surface area contributed by atoms with Crippen molar-refractivity contribution < 1.29 is 18.3 Å². The van der Waals surface area contributed by atoms with Crippen molar-refractivity contribution in [1.29, 1.82) is 0 Å². The first-order valence-electron chi connectivity index (χ1n) is 4.50. The minimum absolute atomic E-state index is 0.0445. The van der Waals surface area contributed by atoms with E-state index < -0.39 is 21.7 Å². The fourth-order valence-electron chi connectivity index (χ4n) is 1.01.